The number of rotatable bonds is 11. The van der Waals surface area contributed by atoms with Crippen LogP contribution in [0, 0.1) is 11.3 Å². The molecule has 5 N–H and O–H groups in total. The molecule has 0 saturated carbocycles. The van der Waals surface area contributed by atoms with Gasteiger partial charge in [-0.25, -0.2) is 9.59 Å². The van der Waals surface area contributed by atoms with Gasteiger partial charge in [-0.2, -0.15) is 13.2 Å². The number of halogens is 3. The summed E-state index contributed by atoms with van der Waals surface area (Å²) >= 11 is 0. The highest BCUT2D eigenvalue weighted by Crippen LogP contribution is 2.28. The number of carbonyl (C=O) groups is 4. The van der Waals surface area contributed by atoms with E-state index in [0.717, 1.165) is 5.56 Å². The van der Waals surface area contributed by atoms with Crippen molar-refractivity contribution in [3.63, 3.8) is 0 Å². The van der Waals surface area contributed by atoms with Crippen LogP contribution in [0.25, 0.3) is 0 Å². The zero-order valence-electron chi connectivity index (χ0n) is 25.1. The van der Waals surface area contributed by atoms with E-state index in [1.165, 1.54) is 6.92 Å². The summed E-state index contributed by atoms with van der Waals surface area (Å²) in [5.74, 6) is -4.15. The van der Waals surface area contributed by atoms with Crippen molar-refractivity contribution in [2.75, 3.05) is 7.05 Å². The van der Waals surface area contributed by atoms with Gasteiger partial charge in [0.1, 0.15) is 6.04 Å². The van der Waals surface area contributed by atoms with E-state index in [1.54, 1.807) is 13.1 Å². The third kappa shape index (κ3) is 12.8. The van der Waals surface area contributed by atoms with Gasteiger partial charge in [0.05, 0.1) is 6.04 Å². The molecule has 1 rings (SSSR count). The van der Waals surface area contributed by atoms with Crippen molar-refractivity contribution in [3.8, 4) is 0 Å². The molecule has 1 aromatic rings. The smallest absolute Gasteiger partial charge is 0.478 e. The van der Waals surface area contributed by atoms with Crippen LogP contribution in [0.4, 0.5) is 13.2 Å². The van der Waals surface area contributed by atoms with Gasteiger partial charge < -0.3 is 26.2 Å². The first-order chi connectivity index (χ1) is 18.5. The first kappa shape index (κ1) is 37.6. The predicted octanol–water partition coefficient (Wildman–Crippen LogP) is 4.28. The zero-order chi connectivity index (χ0) is 32.3. The summed E-state index contributed by atoms with van der Waals surface area (Å²) < 4.78 is 31.7. The molecule has 0 aromatic heterocycles. The number of nitrogens with one attached hydrogen (secondary N) is 3. The summed E-state index contributed by atoms with van der Waals surface area (Å²) in [6.45, 7) is 15.2. The molecule has 1 aromatic carbocycles. The SMILES string of the molecule is CN[C@H](C(=O)N[C@H](C(=O)N[C@H](/C=C(\C)C(=O)O)CC(C)C)C(C)(C)C)C(C)(C)c1ccccc1.O=C(O)C(F)(F)F. The molecule has 0 fully saturated rings. The van der Waals surface area contributed by atoms with Crippen molar-refractivity contribution in [1.29, 1.82) is 0 Å². The maximum Gasteiger partial charge on any atom is 0.490 e. The zero-order valence-corrected chi connectivity index (χ0v) is 25.1. The topological polar surface area (TPSA) is 145 Å². The number of amides is 2. The minimum absolute atomic E-state index is 0.169. The average molecular weight is 588 g/mol. The van der Waals surface area contributed by atoms with E-state index in [1.807, 2.05) is 78.8 Å². The Morgan fingerprint density at radius 1 is 0.878 bits per heavy atom. The molecule has 0 aliphatic heterocycles. The third-order valence-electron chi connectivity index (χ3n) is 6.29. The average Bonchev–Trinajstić information content (AvgIpc) is 2.81. The van der Waals surface area contributed by atoms with Crippen molar-refractivity contribution < 1.29 is 42.6 Å². The third-order valence-corrected chi connectivity index (χ3v) is 6.29. The number of hydrogen-bond donors (Lipinski definition) is 5. The second kappa shape index (κ2) is 15.6. The van der Waals surface area contributed by atoms with Crippen molar-refractivity contribution in [2.45, 2.75) is 91.5 Å². The van der Waals surface area contributed by atoms with Crippen LogP contribution in [0.1, 0.15) is 67.4 Å². The fourth-order valence-corrected chi connectivity index (χ4v) is 4.07. The van der Waals surface area contributed by atoms with E-state index in [-0.39, 0.29) is 23.3 Å². The number of carbonyl (C=O) groups excluding carboxylic acids is 2. The molecule has 0 bridgehead atoms. The Labute approximate surface area is 240 Å². The fraction of sp³-hybridized carbons (Fsp3) is 0.586. The number of likely N-dealkylation sites (N-methyl/N-ethyl adjacent to an activating group) is 1. The lowest BCUT2D eigenvalue weighted by molar-refractivity contribution is -0.192. The summed E-state index contributed by atoms with van der Waals surface area (Å²) in [6, 6.07) is 7.94. The number of hydrogen-bond acceptors (Lipinski definition) is 5. The standard InChI is InChI=1S/C27H43N3O4.C2HF3O2/c1-17(2)15-20(16-18(3)25(33)34)29-23(31)21(26(4,5)6)30-24(32)22(28-9)27(7,8)19-13-11-10-12-14-19;3-2(4,5)1(6)7/h10-14,16-17,20-22,28H,15H2,1-9H3,(H,29,31)(H,30,32)(H,33,34);(H,6,7)/b18-16+;/t20-,21+,22+;/m0./s1. The van der Waals surface area contributed by atoms with E-state index in [4.69, 9.17) is 9.90 Å². The molecule has 41 heavy (non-hydrogen) atoms. The Hall–Kier alpha value is -3.41. The number of aliphatic carboxylic acids is 2. The van der Waals surface area contributed by atoms with Gasteiger partial charge in [0, 0.05) is 17.0 Å². The molecule has 232 valence electrons. The van der Waals surface area contributed by atoms with Gasteiger partial charge in [0.25, 0.3) is 0 Å². The van der Waals surface area contributed by atoms with Crippen molar-refractivity contribution in [3.05, 3.63) is 47.5 Å². The number of carboxylic acids is 2. The fourth-order valence-electron chi connectivity index (χ4n) is 4.07. The van der Waals surface area contributed by atoms with Crippen LogP contribution in [-0.4, -0.2) is 65.3 Å². The van der Waals surface area contributed by atoms with Crippen LogP contribution in [0.3, 0.4) is 0 Å². The number of carboxylic acid groups (broad SMARTS) is 2. The van der Waals surface area contributed by atoms with E-state index in [0.29, 0.717) is 6.42 Å². The highest BCUT2D eigenvalue weighted by molar-refractivity contribution is 5.91. The lowest BCUT2D eigenvalue weighted by atomic mass is 9.76. The first-order valence-electron chi connectivity index (χ1n) is 13.1. The minimum atomic E-state index is -5.08. The van der Waals surface area contributed by atoms with Gasteiger partial charge in [-0.05, 0) is 37.3 Å². The predicted molar refractivity (Wildman–Crippen MR) is 150 cm³/mol. The molecule has 0 radical (unpaired) electrons. The summed E-state index contributed by atoms with van der Waals surface area (Å²) in [4.78, 5) is 47.0. The molecule has 3 atom stereocenters. The van der Waals surface area contributed by atoms with Gasteiger partial charge in [-0.3, -0.25) is 9.59 Å². The molecule has 0 saturated heterocycles. The number of alkyl halides is 3. The molecule has 12 heteroatoms. The summed E-state index contributed by atoms with van der Waals surface area (Å²) in [5.41, 5.74) is 0.0818. The normalized spacial score (nSPS) is 14.7. The number of benzene rings is 1. The Morgan fingerprint density at radius 2 is 1.34 bits per heavy atom. The molecule has 2 amide bonds. The van der Waals surface area contributed by atoms with Gasteiger partial charge in [-0.15, -0.1) is 0 Å². The van der Waals surface area contributed by atoms with Crippen LogP contribution >= 0.6 is 0 Å². The molecular weight excluding hydrogens is 543 g/mol. The molecule has 0 aliphatic rings. The van der Waals surface area contributed by atoms with Crippen LogP contribution in [0.5, 0.6) is 0 Å². The van der Waals surface area contributed by atoms with E-state index >= 15 is 0 Å². The van der Waals surface area contributed by atoms with Gasteiger partial charge in [-0.1, -0.05) is 84.9 Å². The molecule has 9 nitrogen and oxygen atoms in total. The summed E-state index contributed by atoms with van der Waals surface area (Å²) in [7, 11) is 1.74. The van der Waals surface area contributed by atoms with Gasteiger partial charge >= 0.3 is 18.1 Å². The summed E-state index contributed by atoms with van der Waals surface area (Å²) in [5, 5.41) is 25.4. The quantitative estimate of drug-likeness (QED) is 0.243. The highest BCUT2D eigenvalue weighted by Gasteiger charge is 2.40. The Bertz CT molecular complexity index is 1060. The maximum absolute atomic E-state index is 13.4. The lowest BCUT2D eigenvalue weighted by Crippen LogP contribution is -2.61. The van der Waals surface area contributed by atoms with Gasteiger partial charge in [0.2, 0.25) is 11.8 Å². The second-order valence-electron chi connectivity index (χ2n) is 11.8. The molecule has 0 aliphatic carbocycles. The maximum atomic E-state index is 13.4. The highest BCUT2D eigenvalue weighted by atomic mass is 19.4. The van der Waals surface area contributed by atoms with Gasteiger partial charge in [0.15, 0.2) is 0 Å². The van der Waals surface area contributed by atoms with E-state index < -0.39 is 47.1 Å². The van der Waals surface area contributed by atoms with Crippen LogP contribution in [0.2, 0.25) is 0 Å². The van der Waals surface area contributed by atoms with Crippen LogP contribution < -0.4 is 16.0 Å². The van der Waals surface area contributed by atoms with E-state index in [2.05, 4.69) is 16.0 Å². The minimum Gasteiger partial charge on any atom is -0.478 e. The largest absolute Gasteiger partial charge is 0.490 e. The second-order valence-corrected chi connectivity index (χ2v) is 11.8. The van der Waals surface area contributed by atoms with Crippen LogP contribution in [0.15, 0.2) is 42.0 Å². The monoisotopic (exact) mass is 587 g/mol. The van der Waals surface area contributed by atoms with Crippen LogP contribution in [-0.2, 0) is 24.6 Å². The van der Waals surface area contributed by atoms with E-state index in [9.17, 15) is 32.7 Å². The van der Waals surface area contributed by atoms with Crippen molar-refractivity contribution in [1.82, 2.24) is 16.0 Å². The molecular formula is C29H44F3N3O6. The Balaban J connectivity index is 0.00000201. The first-order valence-corrected chi connectivity index (χ1v) is 13.1. The van der Waals surface area contributed by atoms with Crippen molar-refractivity contribution in [2.24, 2.45) is 11.3 Å². The summed E-state index contributed by atoms with van der Waals surface area (Å²) in [6.07, 6.45) is -2.93. The lowest BCUT2D eigenvalue weighted by Gasteiger charge is -2.37. The molecule has 0 spiro atoms. The van der Waals surface area contributed by atoms with Crippen molar-refractivity contribution >= 4 is 23.8 Å². The Morgan fingerprint density at radius 3 is 1.71 bits per heavy atom. The Kier molecular flexibility index (Phi) is 14.3. The molecule has 0 heterocycles. The molecule has 0 unspecified atom stereocenters.